The normalized spacial score (nSPS) is 14.8. The van der Waals surface area contributed by atoms with Gasteiger partial charge in [-0.1, -0.05) is 0 Å². The Hall–Kier alpha value is -1.89. The highest BCUT2D eigenvalue weighted by atomic mass is 19.3. The van der Waals surface area contributed by atoms with Crippen LogP contribution in [0.25, 0.3) is 0 Å². The molecule has 1 amide bonds. The van der Waals surface area contributed by atoms with Crippen molar-refractivity contribution in [3.8, 4) is 11.5 Å². The molecule has 0 bridgehead atoms. The van der Waals surface area contributed by atoms with Gasteiger partial charge >= 0.3 is 6.61 Å². The molecule has 1 aromatic rings. The average molecular weight is 286 g/mol. The fraction of sp³-hybridized carbons (Fsp3) is 0.462. The first-order valence-electron chi connectivity index (χ1n) is 6.22. The van der Waals surface area contributed by atoms with Crippen LogP contribution in [0.15, 0.2) is 18.2 Å². The number of amides is 1. The van der Waals surface area contributed by atoms with E-state index < -0.39 is 6.61 Å². The molecular weight excluding hydrogens is 270 g/mol. The number of alkyl halides is 2. The maximum absolute atomic E-state index is 12.3. The van der Waals surface area contributed by atoms with E-state index >= 15 is 0 Å². The Balaban J connectivity index is 2.04. The Kier molecular flexibility index (Phi) is 4.73. The van der Waals surface area contributed by atoms with Crippen molar-refractivity contribution in [2.24, 2.45) is 5.92 Å². The van der Waals surface area contributed by atoms with Crippen molar-refractivity contribution < 1.29 is 23.0 Å². The van der Waals surface area contributed by atoms with Crippen molar-refractivity contribution in [1.29, 1.82) is 0 Å². The highest BCUT2D eigenvalue weighted by Crippen LogP contribution is 2.29. The molecule has 20 heavy (non-hydrogen) atoms. The van der Waals surface area contributed by atoms with Crippen molar-refractivity contribution in [2.45, 2.75) is 6.61 Å². The highest BCUT2D eigenvalue weighted by Gasteiger charge is 2.19. The Labute approximate surface area is 115 Å². The highest BCUT2D eigenvalue weighted by molar-refractivity contribution is 5.94. The van der Waals surface area contributed by atoms with Crippen molar-refractivity contribution in [3.05, 3.63) is 23.8 Å². The van der Waals surface area contributed by atoms with Crippen molar-refractivity contribution in [2.75, 3.05) is 26.7 Å². The summed E-state index contributed by atoms with van der Waals surface area (Å²) in [4.78, 5) is 11.9. The van der Waals surface area contributed by atoms with Crippen LogP contribution >= 0.6 is 0 Å². The monoisotopic (exact) mass is 286 g/mol. The molecule has 0 saturated carbocycles. The molecule has 1 aliphatic rings. The van der Waals surface area contributed by atoms with Gasteiger partial charge in [0.1, 0.15) is 0 Å². The van der Waals surface area contributed by atoms with Crippen LogP contribution in [-0.2, 0) is 0 Å². The van der Waals surface area contributed by atoms with Crippen LogP contribution in [0.2, 0.25) is 0 Å². The van der Waals surface area contributed by atoms with Gasteiger partial charge in [-0.15, -0.1) is 0 Å². The van der Waals surface area contributed by atoms with Crippen LogP contribution < -0.4 is 20.1 Å². The molecule has 0 unspecified atom stereocenters. The third-order valence-corrected chi connectivity index (χ3v) is 3.06. The van der Waals surface area contributed by atoms with E-state index in [-0.39, 0.29) is 23.0 Å². The molecule has 1 fully saturated rings. The average Bonchev–Trinajstić information content (AvgIpc) is 2.36. The van der Waals surface area contributed by atoms with Crippen LogP contribution in [0.1, 0.15) is 10.4 Å². The largest absolute Gasteiger partial charge is 0.493 e. The van der Waals surface area contributed by atoms with Gasteiger partial charge in [0.25, 0.3) is 5.91 Å². The predicted octanol–water partition coefficient (Wildman–Crippen LogP) is 1.25. The van der Waals surface area contributed by atoms with Crippen molar-refractivity contribution >= 4 is 5.91 Å². The molecule has 1 aliphatic heterocycles. The van der Waals surface area contributed by atoms with Gasteiger partial charge in [-0.3, -0.25) is 4.79 Å². The molecule has 0 radical (unpaired) electrons. The SMILES string of the molecule is COc1ccc(C(=O)NCC2CNC2)cc1OC(F)F. The van der Waals surface area contributed by atoms with E-state index in [1.165, 1.54) is 25.3 Å². The molecule has 7 heteroatoms. The first-order chi connectivity index (χ1) is 9.60. The van der Waals surface area contributed by atoms with E-state index in [1.807, 2.05) is 0 Å². The Bertz CT molecular complexity index is 479. The van der Waals surface area contributed by atoms with Gasteiger partial charge in [0.05, 0.1) is 7.11 Å². The summed E-state index contributed by atoms with van der Waals surface area (Å²) in [5, 5.41) is 5.86. The van der Waals surface area contributed by atoms with Gasteiger partial charge in [-0.25, -0.2) is 0 Å². The first-order valence-corrected chi connectivity index (χ1v) is 6.22. The number of carbonyl (C=O) groups excluding carboxylic acids is 1. The lowest BCUT2D eigenvalue weighted by molar-refractivity contribution is -0.0512. The standard InChI is InChI=1S/C13H16F2N2O3/c1-19-10-3-2-9(4-11(10)20-13(14)15)12(18)17-7-8-5-16-6-8/h2-4,8,13,16H,5-7H2,1H3,(H,17,18). The smallest absolute Gasteiger partial charge is 0.387 e. The minimum atomic E-state index is -2.97. The first kappa shape index (κ1) is 14.5. The van der Waals surface area contributed by atoms with E-state index in [9.17, 15) is 13.6 Å². The summed E-state index contributed by atoms with van der Waals surface area (Å²) >= 11 is 0. The zero-order chi connectivity index (χ0) is 14.5. The number of benzene rings is 1. The summed E-state index contributed by atoms with van der Waals surface area (Å²) in [6.07, 6.45) is 0. The summed E-state index contributed by atoms with van der Waals surface area (Å²) in [6, 6.07) is 4.18. The predicted molar refractivity (Wildman–Crippen MR) is 68.3 cm³/mol. The van der Waals surface area contributed by atoms with Gasteiger partial charge in [0, 0.05) is 31.1 Å². The Morgan fingerprint density at radius 3 is 2.75 bits per heavy atom. The summed E-state index contributed by atoms with van der Waals surface area (Å²) in [7, 11) is 1.34. The molecule has 110 valence electrons. The second-order valence-corrected chi connectivity index (χ2v) is 4.48. The van der Waals surface area contributed by atoms with Crippen LogP contribution in [0, 0.1) is 5.92 Å². The van der Waals surface area contributed by atoms with Crippen LogP contribution in [-0.4, -0.2) is 39.3 Å². The lowest BCUT2D eigenvalue weighted by Gasteiger charge is -2.27. The van der Waals surface area contributed by atoms with E-state index in [2.05, 4.69) is 15.4 Å². The van der Waals surface area contributed by atoms with E-state index in [0.717, 1.165) is 13.1 Å². The van der Waals surface area contributed by atoms with Gasteiger partial charge < -0.3 is 20.1 Å². The fourth-order valence-corrected chi connectivity index (χ4v) is 1.84. The van der Waals surface area contributed by atoms with Crippen molar-refractivity contribution in [3.63, 3.8) is 0 Å². The lowest BCUT2D eigenvalue weighted by Crippen LogP contribution is -2.48. The minimum absolute atomic E-state index is 0.152. The maximum atomic E-state index is 12.3. The summed E-state index contributed by atoms with van der Waals surface area (Å²) < 4.78 is 33.8. The lowest BCUT2D eigenvalue weighted by atomic mass is 10.0. The van der Waals surface area contributed by atoms with Crippen molar-refractivity contribution in [1.82, 2.24) is 10.6 Å². The molecule has 0 aromatic heterocycles. The topological polar surface area (TPSA) is 59.6 Å². The Morgan fingerprint density at radius 2 is 2.20 bits per heavy atom. The second kappa shape index (κ2) is 6.51. The number of nitrogens with one attached hydrogen (secondary N) is 2. The molecular formula is C13H16F2N2O3. The van der Waals surface area contributed by atoms with E-state index in [0.29, 0.717) is 12.5 Å². The van der Waals surface area contributed by atoms with Gasteiger partial charge in [-0.2, -0.15) is 8.78 Å². The molecule has 2 N–H and O–H groups in total. The quantitative estimate of drug-likeness (QED) is 0.826. The zero-order valence-corrected chi connectivity index (χ0v) is 11.0. The second-order valence-electron chi connectivity index (χ2n) is 4.48. The van der Waals surface area contributed by atoms with Crippen LogP contribution in [0.3, 0.4) is 0 Å². The van der Waals surface area contributed by atoms with E-state index in [1.54, 1.807) is 0 Å². The fourth-order valence-electron chi connectivity index (χ4n) is 1.84. The number of ether oxygens (including phenoxy) is 2. The third kappa shape index (κ3) is 3.57. The molecule has 1 heterocycles. The molecule has 1 aromatic carbocycles. The summed E-state index contributed by atoms with van der Waals surface area (Å²) in [6.45, 7) is -0.656. The van der Waals surface area contributed by atoms with Crippen LogP contribution in [0.4, 0.5) is 8.78 Å². The number of rotatable bonds is 6. The summed E-state index contributed by atoms with van der Waals surface area (Å²) in [5.41, 5.74) is 0.258. The molecule has 5 nitrogen and oxygen atoms in total. The van der Waals surface area contributed by atoms with Gasteiger partial charge in [0.15, 0.2) is 11.5 Å². The number of hydrogen-bond acceptors (Lipinski definition) is 4. The van der Waals surface area contributed by atoms with E-state index in [4.69, 9.17) is 4.74 Å². The summed E-state index contributed by atoms with van der Waals surface area (Å²) in [5.74, 6) is 0.109. The molecule has 0 aliphatic carbocycles. The Morgan fingerprint density at radius 1 is 1.45 bits per heavy atom. The molecule has 2 rings (SSSR count). The molecule has 0 spiro atoms. The van der Waals surface area contributed by atoms with Gasteiger partial charge in [0.2, 0.25) is 0 Å². The third-order valence-electron chi connectivity index (χ3n) is 3.06. The van der Waals surface area contributed by atoms with Crippen LogP contribution in [0.5, 0.6) is 11.5 Å². The number of halogens is 2. The molecule has 0 atom stereocenters. The maximum Gasteiger partial charge on any atom is 0.387 e. The van der Waals surface area contributed by atoms with Gasteiger partial charge in [-0.05, 0) is 18.2 Å². The molecule has 1 saturated heterocycles. The minimum Gasteiger partial charge on any atom is -0.493 e. The number of hydrogen-bond donors (Lipinski definition) is 2. The number of carbonyl (C=O) groups is 1. The number of methoxy groups -OCH3 is 1. The zero-order valence-electron chi connectivity index (χ0n) is 11.0.